The second-order valence-corrected chi connectivity index (χ2v) is 6.00. The van der Waals surface area contributed by atoms with Crippen LogP contribution in [0.2, 0.25) is 0 Å². The number of hydrogen-bond donors (Lipinski definition) is 2. The molecule has 1 atom stereocenters. The van der Waals surface area contributed by atoms with Gasteiger partial charge in [-0.1, -0.05) is 6.92 Å². The fourth-order valence-corrected chi connectivity index (χ4v) is 2.88. The highest BCUT2D eigenvalue weighted by Crippen LogP contribution is 2.36. The van der Waals surface area contributed by atoms with E-state index in [1.807, 2.05) is 6.07 Å². The topological polar surface area (TPSA) is 102 Å². The highest BCUT2D eigenvalue weighted by atomic mass is 16.2. The van der Waals surface area contributed by atoms with Crippen LogP contribution in [0.1, 0.15) is 39.5 Å². The summed E-state index contributed by atoms with van der Waals surface area (Å²) >= 11 is 0. The first kappa shape index (κ1) is 15.3. The van der Waals surface area contributed by atoms with Crippen LogP contribution in [0.5, 0.6) is 0 Å². The van der Waals surface area contributed by atoms with Crippen LogP contribution >= 0.6 is 0 Å². The number of carbonyl (C=O) groups excluding carboxylic acids is 3. The van der Waals surface area contributed by atoms with Crippen molar-refractivity contribution in [2.24, 2.45) is 5.92 Å². The molecule has 0 aromatic rings. The van der Waals surface area contributed by atoms with Crippen molar-refractivity contribution >= 4 is 17.8 Å². The lowest BCUT2D eigenvalue weighted by atomic mass is 9.77. The van der Waals surface area contributed by atoms with E-state index in [1.54, 1.807) is 0 Å². The number of carbonyl (C=O) groups is 3. The van der Waals surface area contributed by atoms with E-state index >= 15 is 0 Å². The SMILES string of the molecule is CC1CCC2(CC1)NC(=O)N(CC(=O)NC(C)C#N)C2=O. The molecule has 1 heterocycles. The van der Waals surface area contributed by atoms with Crippen molar-refractivity contribution in [2.75, 3.05) is 6.54 Å². The second-order valence-electron chi connectivity index (χ2n) is 6.00. The van der Waals surface area contributed by atoms with Crippen LogP contribution in [0.3, 0.4) is 0 Å². The standard InChI is InChI=1S/C14H20N4O3/c1-9-3-5-14(6-4-9)12(20)18(13(21)17-14)8-11(19)16-10(2)7-15/h9-10H,3-6,8H2,1-2H3,(H,16,19)(H,17,21). The predicted molar refractivity (Wildman–Crippen MR) is 73.8 cm³/mol. The van der Waals surface area contributed by atoms with E-state index in [-0.39, 0.29) is 12.5 Å². The molecule has 0 bridgehead atoms. The maximum absolute atomic E-state index is 12.5. The zero-order valence-corrected chi connectivity index (χ0v) is 12.3. The van der Waals surface area contributed by atoms with Crippen LogP contribution in [0.15, 0.2) is 0 Å². The highest BCUT2D eigenvalue weighted by molar-refractivity contribution is 6.09. The third-order valence-electron chi connectivity index (χ3n) is 4.25. The van der Waals surface area contributed by atoms with E-state index in [2.05, 4.69) is 17.6 Å². The van der Waals surface area contributed by atoms with Gasteiger partial charge in [0.2, 0.25) is 5.91 Å². The Morgan fingerprint density at radius 2 is 2.14 bits per heavy atom. The lowest BCUT2D eigenvalue weighted by Gasteiger charge is -2.33. The summed E-state index contributed by atoms with van der Waals surface area (Å²) in [5, 5.41) is 13.8. The third-order valence-corrected chi connectivity index (χ3v) is 4.25. The Morgan fingerprint density at radius 3 is 2.71 bits per heavy atom. The van der Waals surface area contributed by atoms with E-state index in [4.69, 9.17) is 5.26 Å². The van der Waals surface area contributed by atoms with Gasteiger partial charge in [0, 0.05) is 0 Å². The van der Waals surface area contributed by atoms with Crippen molar-refractivity contribution in [3.63, 3.8) is 0 Å². The van der Waals surface area contributed by atoms with Crippen LogP contribution in [0, 0.1) is 17.2 Å². The molecular weight excluding hydrogens is 272 g/mol. The summed E-state index contributed by atoms with van der Waals surface area (Å²) in [6.45, 7) is 3.32. The number of imide groups is 1. The molecule has 2 N–H and O–H groups in total. The maximum atomic E-state index is 12.5. The summed E-state index contributed by atoms with van der Waals surface area (Å²) in [6, 6.07) is 0.700. The van der Waals surface area contributed by atoms with Crippen LogP contribution in [0.25, 0.3) is 0 Å². The minimum Gasteiger partial charge on any atom is -0.339 e. The predicted octanol–water partition coefficient (Wildman–Crippen LogP) is 0.515. The Bertz CT molecular complexity index is 503. The van der Waals surface area contributed by atoms with Crippen LogP contribution in [-0.4, -0.2) is 40.9 Å². The lowest BCUT2D eigenvalue weighted by molar-refractivity contribution is -0.136. The van der Waals surface area contributed by atoms with Gasteiger partial charge in [-0.15, -0.1) is 0 Å². The van der Waals surface area contributed by atoms with Crippen LogP contribution in [-0.2, 0) is 9.59 Å². The Balaban J connectivity index is 2.02. The van der Waals surface area contributed by atoms with Crippen LogP contribution < -0.4 is 10.6 Å². The molecule has 0 aromatic heterocycles. The van der Waals surface area contributed by atoms with Gasteiger partial charge in [0.05, 0.1) is 6.07 Å². The molecule has 114 valence electrons. The number of nitrogens with zero attached hydrogens (tertiary/aromatic N) is 2. The van der Waals surface area contributed by atoms with Gasteiger partial charge >= 0.3 is 6.03 Å². The van der Waals surface area contributed by atoms with E-state index in [0.29, 0.717) is 18.8 Å². The zero-order valence-electron chi connectivity index (χ0n) is 12.3. The molecule has 1 spiro atoms. The zero-order chi connectivity index (χ0) is 15.6. The first-order valence-electron chi connectivity index (χ1n) is 7.21. The van der Waals surface area contributed by atoms with Gasteiger partial charge in [-0.2, -0.15) is 5.26 Å². The van der Waals surface area contributed by atoms with Crippen molar-refractivity contribution in [1.82, 2.24) is 15.5 Å². The largest absolute Gasteiger partial charge is 0.339 e. The molecule has 2 rings (SSSR count). The Kier molecular flexibility index (Phi) is 4.16. The van der Waals surface area contributed by atoms with Crippen LogP contribution in [0.4, 0.5) is 4.79 Å². The van der Waals surface area contributed by atoms with Gasteiger partial charge in [0.1, 0.15) is 18.1 Å². The Morgan fingerprint density at radius 1 is 1.52 bits per heavy atom. The van der Waals surface area contributed by atoms with Crippen molar-refractivity contribution in [3.8, 4) is 6.07 Å². The van der Waals surface area contributed by atoms with Gasteiger partial charge in [-0.05, 0) is 38.5 Å². The fourth-order valence-electron chi connectivity index (χ4n) is 2.88. The summed E-state index contributed by atoms with van der Waals surface area (Å²) in [7, 11) is 0. The molecule has 1 saturated carbocycles. The number of rotatable bonds is 3. The number of amides is 4. The van der Waals surface area contributed by atoms with E-state index in [9.17, 15) is 14.4 Å². The molecule has 7 nitrogen and oxygen atoms in total. The highest BCUT2D eigenvalue weighted by Gasteiger charge is 2.52. The molecule has 2 aliphatic rings. The first-order chi connectivity index (χ1) is 9.88. The monoisotopic (exact) mass is 292 g/mol. The summed E-state index contributed by atoms with van der Waals surface area (Å²) in [4.78, 5) is 37.2. The molecule has 0 radical (unpaired) electrons. The van der Waals surface area contributed by atoms with Crippen molar-refractivity contribution < 1.29 is 14.4 Å². The average molecular weight is 292 g/mol. The number of nitriles is 1. The van der Waals surface area contributed by atoms with Gasteiger partial charge in [-0.25, -0.2) is 4.79 Å². The minimum atomic E-state index is -0.829. The van der Waals surface area contributed by atoms with Crippen molar-refractivity contribution in [1.29, 1.82) is 5.26 Å². The molecule has 1 aliphatic carbocycles. The van der Waals surface area contributed by atoms with Gasteiger partial charge in [0.15, 0.2) is 0 Å². The Labute approximate surface area is 123 Å². The summed E-state index contributed by atoms with van der Waals surface area (Å²) < 4.78 is 0. The normalized spacial score (nSPS) is 30.0. The molecule has 2 fully saturated rings. The molecule has 7 heteroatoms. The molecule has 21 heavy (non-hydrogen) atoms. The third kappa shape index (κ3) is 2.99. The summed E-state index contributed by atoms with van der Waals surface area (Å²) in [6.07, 6.45) is 3.01. The molecule has 0 aromatic carbocycles. The Hall–Kier alpha value is -2.10. The van der Waals surface area contributed by atoms with Crippen molar-refractivity contribution in [2.45, 2.75) is 51.1 Å². The molecule has 1 saturated heterocycles. The minimum absolute atomic E-state index is 0.320. The number of hydrogen-bond acceptors (Lipinski definition) is 4. The van der Waals surface area contributed by atoms with Crippen molar-refractivity contribution in [3.05, 3.63) is 0 Å². The fraction of sp³-hybridized carbons (Fsp3) is 0.714. The number of urea groups is 1. The quantitative estimate of drug-likeness (QED) is 0.740. The smallest absolute Gasteiger partial charge is 0.325 e. The molecule has 1 aliphatic heterocycles. The second kappa shape index (κ2) is 5.72. The van der Waals surface area contributed by atoms with Gasteiger partial charge in [-0.3, -0.25) is 14.5 Å². The van der Waals surface area contributed by atoms with E-state index in [0.717, 1.165) is 17.7 Å². The van der Waals surface area contributed by atoms with Gasteiger partial charge < -0.3 is 10.6 Å². The van der Waals surface area contributed by atoms with E-state index in [1.165, 1.54) is 6.92 Å². The van der Waals surface area contributed by atoms with Gasteiger partial charge in [0.25, 0.3) is 5.91 Å². The first-order valence-corrected chi connectivity index (χ1v) is 7.21. The van der Waals surface area contributed by atoms with E-state index < -0.39 is 23.5 Å². The molecule has 1 unspecified atom stereocenters. The average Bonchev–Trinajstić information content (AvgIpc) is 2.67. The molecular formula is C14H20N4O3. The molecule has 4 amide bonds. The maximum Gasteiger partial charge on any atom is 0.325 e. The number of nitrogens with one attached hydrogen (secondary N) is 2. The lowest BCUT2D eigenvalue weighted by Crippen LogP contribution is -2.50. The summed E-state index contributed by atoms with van der Waals surface area (Å²) in [5.41, 5.74) is -0.829. The summed E-state index contributed by atoms with van der Waals surface area (Å²) in [5.74, 6) is -0.276.